The molecule has 0 spiro atoms. The first kappa shape index (κ1) is 18.4. The summed E-state index contributed by atoms with van der Waals surface area (Å²) in [7, 11) is 0. The van der Waals surface area contributed by atoms with Gasteiger partial charge in [0.1, 0.15) is 11.3 Å². The van der Waals surface area contributed by atoms with Crippen LogP contribution in [0.1, 0.15) is 28.7 Å². The van der Waals surface area contributed by atoms with Crippen molar-refractivity contribution < 1.29 is 4.79 Å². The average molecular weight is 374 g/mol. The zero-order valence-electron chi connectivity index (χ0n) is 16.3. The number of rotatable bonds is 5. The van der Waals surface area contributed by atoms with Gasteiger partial charge < -0.3 is 4.90 Å². The Morgan fingerprint density at radius 2 is 1.79 bits per heavy atom. The number of fused-ring (bicyclic) bond motifs is 1. The van der Waals surface area contributed by atoms with Gasteiger partial charge in [0, 0.05) is 38.9 Å². The number of aromatic nitrogens is 2. The molecular weight excluding hydrogens is 348 g/mol. The van der Waals surface area contributed by atoms with Gasteiger partial charge in [0.15, 0.2) is 0 Å². The lowest BCUT2D eigenvalue weighted by Gasteiger charge is -2.34. The van der Waals surface area contributed by atoms with Crippen LogP contribution in [0, 0.1) is 0 Å². The predicted molar refractivity (Wildman–Crippen MR) is 112 cm³/mol. The molecule has 1 aromatic carbocycles. The number of piperazine rings is 1. The summed E-state index contributed by atoms with van der Waals surface area (Å²) in [5.41, 5.74) is 3.66. The number of hydrogen-bond donors (Lipinski definition) is 0. The van der Waals surface area contributed by atoms with E-state index in [1.54, 1.807) is 0 Å². The third-order valence-corrected chi connectivity index (χ3v) is 5.27. The summed E-state index contributed by atoms with van der Waals surface area (Å²) in [5.74, 6) is 0.0926. The summed E-state index contributed by atoms with van der Waals surface area (Å²) in [6.45, 7) is 6.25. The number of aryl methyl sites for hydroxylation is 1. The van der Waals surface area contributed by atoms with Crippen LogP contribution in [-0.4, -0.2) is 57.8 Å². The van der Waals surface area contributed by atoms with Crippen LogP contribution in [0.2, 0.25) is 0 Å². The smallest absolute Gasteiger partial charge is 0.272 e. The van der Waals surface area contributed by atoms with Crippen LogP contribution in [0.25, 0.3) is 11.7 Å². The van der Waals surface area contributed by atoms with Gasteiger partial charge in [-0.25, -0.2) is 4.98 Å². The molecule has 0 bridgehead atoms. The van der Waals surface area contributed by atoms with E-state index in [2.05, 4.69) is 53.2 Å². The monoisotopic (exact) mass is 374 g/mol. The first-order valence-corrected chi connectivity index (χ1v) is 9.95. The second-order valence-electron chi connectivity index (χ2n) is 7.10. The Morgan fingerprint density at radius 3 is 2.54 bits per heavy atom. The largest absolute Gasteiger partial charge is 0.335 e. The molecule has 0 N–H and O–H groups in total. The zero-order valence-corrected chi connectivity index (χ0v) is 16.3. The van der Waals surface area contributed by atoms with E-state index in [-0.39, 0.29) is 5.91 Å². The molecule has 0 radical (unpaired) electrons. The highest BCUT2D eigenvalue weighted by atomic mass is 16.2. The highest BCUT2D eigenvalue weighted by Crippen LogP contribution is 2.17. The molecule has 1 amide bonds. The molecular formula is C23H26N4O. The normalized spacial score (nSPS) is 15.5. The number of hydrogen-bond acceptors (Lipinski definition) is 3. The average Bonchev–Trinajstić information content (AvgIpc) is 3.13. The van der Waals surface area contributed by atoms with Crippen molar-refractivity contribution in [3.05, 3.63) is 77.8 Å². The van der Waals surface area contributed by atoms with E-state index in [1.807, 2.05) is 39.8 Å². The van der Waals surface area contributed by atoms with E-state index in [0.29, 0.717) is 0 Å². The molecule has 1 aliphatic rings. The minimum absolute atomic E-state index is 0.0926. The molecule has 1 fully saturated rings. The van der Waals surface area contributed by atoms with Crippen LogP contribution in [0.3, 0.4) is 0 Å². The fourth-order valence-corrected chi connectivity index (χ4v) is 3.70. The van der Waals surface area contributed by atoms with Crippen molar-refractivity contribution in [2.45, 2.75) is 13.3 Å². The van der Waals surface area contributed by atoms with Gasteiger partial charge in [-0.1, -0.05) is 55.5 Å². The standard InChI is InChI=1S/C23H26N4O/c1-2-20-22(27-14-7-6-12-21(27)24-20)23(28)26-17-15-25(16-18-26)13-8-11-19-9-4-3-5-10-19/h3-12,14H,2,13,15-18H2,1H3/b11-8+. The van der Waals surface area contributed by atoms with Crippen molar-refractivity contribution in [3.63, 3.8) is 0 Å². The number of carbonyl (C=O) groups excluding carboxylic acids is 1. The zero-order chi connectivity index (χ0) is 19.3. The maximum Gasteiger partial charge on any atom is 0.272 e. The van der Waals surface area contributed by atoms with E-state index in [9.17, 15) is 4.79 Å². The fraction of sp³-hybridized carbons (Fsp3) is 0.304. The fourth-order valence-electron chi connectivity index (χ4n) is 3.70. The van der Waals surface area contributed by atoms with Crippen LogP contribution < -0.4 is 0 Å². The van der Waals surface area contributed by atoms with Gasteiger partial charge in [-0.15, -0.1) is 0 Å². The summed E-state index contributed by atoms with van der Waals surface area (Å²) in [5, 5.41) is 0. The number of benzene rings is 1. The maximum absolute atomic E-state index is 13.2. The molecule has 2 aromatic heterocycles. The SMILES string of the molecule is CCc1nc2ccccn2c1C(=O)N1CCN(C/C=C/c2ccccc2)CC1. The molecule has 1 saturated heterocycles. The molecule has 0 aliphatic carbocycles. The van der Waals surface area contributed by atoms with Gasteiger partial charge in [0.2, 0.25) is 0 Å². The molecule has 0 saturated carbocycles. The van der Waals surface area contributed by atoms with E-state index < -0.39 is 0 Å². The van der Waals surface area contributed by atoms with Crippen molar-refractivity contribution in [1.82, 2.24) is 19.2 Å². The summed E-state index contributed by atoms with van der Waals surface area (Å²) in [6, 6.07) is 16.2. The number of imidazole rings is 1. The van der Waals surface area contributed by atoms with E-state index in [1.165, 1.54) is 5.56 Å². The molecule has 1 aliphatic heterocycles. The third-order valence-electron chi connectivity index (χ3n) is 5.27. The topological polar surface area (TPSA) is 40.9 Å². The Bertz CT molecular complexity index is 969. The summed E-state index contributed by atoms with van der Waals surface area (Å²) in [4.78, 5) is 22.2. The van der Waals surface area contributed by atoms with E-state index in [4.69, 9.17) is 0 Å². The van der Waals surface area contributed by atoms with Gasteiger partial charge in [-0.2, -0.15) is 0 Å². The van der Waals surface area contributed by atoms with Crippen molar-refractivity contribution >= 4 is 17.6 Å². The number of carbonyl (C=O) groups is 1. The van der Waals surface area contributed by atoms with Crippen LogP contribution in [0.4, 0.5) is 0 Å². The molecule has 5 heteroatoms. The Morgan fingerprint density at radius 1 is 1.04 bits per heavy atom. The molecule has 144 valence electrons. The van der Waals surface area contributed by atoms with Crippen LogP contribution in [0.15, 0.2) is 60.8 Å². The molecule has 3 aromatic rings. The lowest BCUT2D eigenvalue weighted by Crippen LogP contribution is -2.49. The first-order chi connectivity index (χ1) is 13.8. The van der Waals surface area contributed by atoms with Crippen LogP contribution >= 0.6 is 0 Å². The van der Waals surface area contributed by atoms with Gasteiger partial charge >= 0.3 is 0 Å². The minimum atomic E-state index is 0.0926. The van der Waals surface area contributed by atoms with Gasteiger partial charge in [-0.05, 0) is 24.1 Å². The quantitative estimate of drug-likeness (QED) is 0.688. The lowest BCUT2D eigenvalue weighted by molar-refractivity contribution is 0.0642. The molecule has 0 unspecified atom stereocenters. The highest BCUT2D eigenvalue weighted by Gasteiger charge is 2.26. The predicted octanol–water partition coefficient (Wildman–Crippen LogP) is 3.37. The second kappa shape index (κ2) is 8.40. The summed E-state index contributed by atoms with van der Waals surface area (Å²) in [6.07, 6.45) is 7.04. The van der Waals surface area contributed by atoms with Crippen molar-refractivity contribution in [2.75, 3.05) is 32.7 Å². The molecule has 0 atom stereocenters. The summed E-state index contributed by atoms with van der Waals surface area (Å²) >= 11 is 0. The molecule has 3 heterocycles. The second-order valence-corrected chi connectivity index (χ2v) is 7.10. The first-order valence-electron chi connectivity index (χ1n) is 9.95. The number of amides is 1. The molecule has 5 nitrogen and oxygen atoms in total. The van der Waals surface area contributed by atoms with Gasteiger partial charge in [0.05, 0.1) is 5.69 Å². The number of pyridine rings is 1. The van der Waals surface area contributed by atoms with Crippen LogP contribution in [-0.2, 0) is 6.42 Å². The van der Waals surface area contributed by atoms with Crippen molar-refractivity contribution in [2.24, 2.45) is 0 Å². The van der Waals surface area contributed by atoms with Crippen molar-refractivity contribution in [3.8, 4) is 0 Å². The summed E-state index contributed by atoms with van der Waals surface area (Å²) < 4.78 is 1.93. The minimum Gasteiger partial charge on any atom is -0.335 e. The van der Waals surface area contributed by atoms with Crippen molar-refractivity contribution in [1.29, 1.82) is 0 Å². The molecule has 28 heavy (non-hydrogen) atoms. The Hall–Kier alpha value is -2.92. The van der Waals surface area contributed by atoms with E-state index in [0.717, 1.165) is 56.2 Å². The van der Waals surface area contributed by atoms with E-state index >= 15 is 0 Å². The van der Waals surface area contributed by atoms with Gasteiger partial charge in [-0.3, -0.25) is 14.1 Å². The third kappa shape index (κ3) is 3.85. The van der Waals surface area contributed by atoms with Crippen LogP contribution in [0.5, 0.6) is 0 Å². The number of nitrogens with zero attached hydrogens (tertiary/aromatic N) is 4. The maximum atomic E-state index is 13.2. The Labute approximate surface area is 165 Å². The lowest BCUT2D eigenvalue weighted by atomic mass is 10.2. The molecule has 4 rings (SSSR count). The Kier molecular flexibility index (Phi) is 5.53. The van der Waals surface area contributed by atoms with Gasteiger partial charge in [0.25, 0.3) is 5.91 Å². The highest BCUT2D eigenvalue weighted by molar-refractivity contribution is 5.94. The Balaban J connectivity index is 1.39.